The van der Waals surface area contributed by atoms with Crippen LogP contribution in [0.3, 0.4) is 0 Å². The fourth-order valence-corrected chi connectivity index (χ4v) is 1.86. The Morgan fingerprint density at radius 1 is 1.60 bits per heavy atom. The number of thioether (sulfide) groups is 1. The van der Waals surface area contributed by atoms with Crippen molar-refractivity contribution in [3.63, 3.8) is 0 Å². The number of hydrogen-bond acceptors (Lipinski definition) is 6. The van der Waals surface area contributed by atoms with E-state index in [1.165, 1.54) is 11.8 Å². The number of aliphatic hydroxyl groups is 2. The normalized spacial score (nSPS) is 12.5. The van der Waals surface area contributed by atoms with E-state index in [0.29, 0.717) is 11.5 Å². The van der Waals surface area contributed by atoms with Crippen LogP contribution in [0.15, 0.2) is 18.3 Å². The summed E-state index contributed by atoms with van der Waals surface area (Å²) >= 11 is 1.52. The molecule has 0 aliphatic heterocycles. The molecule has 0 bridgehead atoms. The van der Waals surface area contributed by atoms with Crippen molar-refractivity contribution < 1.29 is 10.2 Å². The Morgan fingerprint density at radius 3 is 3.07 bits per heavy atom. The zero-order chi connectivity index (χ0) is 11.1. The number of aromatic nitrogens is 1. The second-order valence-electron chi connectivity index (χ2n) is 3.03. The van der Waals surface area contributed by atoms with Gasteiger partial charge in [-0.25, -0.2) is 0 Å². The van der Waals surface area contributed by atoms with Gasteiger partial charge in [0, 0.05) is 17.7 Å². The van der Waals surface area contributed by atoms with Gasteiger partial charge in [-0.05, 0) is 12.1 Å². The largest absolute Gasteiger partial charge is 0.394 e. The minimum atomic E-state index is -0.661. The Morgan fingerprint density at radius 2 is 2.40 bits per heavy atom. The second-order valence-corrected chi connectivity index (χ2v) is 4.06. The zero-order valence-electron chi connectivity index (χ0n) is 8.26. The third-order valence-corrected chi connectivity index (χ3v) is 2.87. The topological polar surface area (TPSA) is 91.4 Å². The number of nitrogens with zero attached hydrogens (tertiary/aromatic N) is 1. The van der Waals surface area contributed by atoms with Crippen molar-refractivity contribution in [3.05, 3.63) is 24.0 Å². The highest BCUT2D eigenvalue weighted by Crippen LogP contribution is 2.14. The molecule has 0 aliphatic carbocycles. The summed E-state index contributed by atoms with van der Waals surface area (Å²) in [7, 11) is 0. The van der Waals surface area contributed by atoms with Gasteiger partial charge in [0.1, 0.15) is 0 Å². The lowest BCUT2D eigenvalue weighted by molar-refractivity contribution is 0.113. The number of anilines is 1. The molecule has 15 heavy (non-hydrogen) atoms. The molecule has 84 valence electrons. The number of hydrogen-bond donors (Lipinski definition) is 4. The molecule has 6 heteroatoms. The summed E-state index contributed by atoms with van der Waals surface area (Å²) in [6, 6.07) is 3.62. The molecule has 0 spiro atoms. The average molecular weight is 229 g/mol. The Bertz CT molecular complexity index is 298. The molecule has 5 nitrogen and oxygen atoms in total. The first-order valence-electron chi connectivity index (χ1n) is 4.54. The quantitative estimate of drug-likeness (QED) is 0.404. The molecule has 1 atom stereocenters. The van der Waals surface area contributed by atoms with E-state index >= 15 is 0 Å². The standard InChI is InChI=1S/C9H15N3O2S/c10-12-7-1-2-11-8(3-7)5-15-6-9(14)4-13/h1-3,9,13-14H,4-6,10H2,(H,11,12). The molecule has 1 unspecified atom stereocenters. The van der Waals surface area contributed by atoms with E-state index in [1.807, 2.05) is 6.07 Å². The third kappa shape index (κ3) is 4.48. The van der Waals surface area contributed by atoms with Gasteiger partial charge in [0.2, 0.25) is 0 Å². The Hall–Kier alpha value is -0.820. The number of nitrogen functional groups attached to an aromatic ring is 1. The van der Waals surface area contributed by atoms with Gasteiger partial charge >= 0.3 is 0 Å². The van der Waals surface area contributed by atoms with Crippen LogP contribution >= 0.6 is 11.8 Å². The van der Waals surface area contributed by atoms with Crippen molar-refractivity contribution in [2.24, 2.45) is 5.84 Å². The van der Waals surface area contributed by atoms with Gasteiger partial charge in [-0.3, -0.25) is 10.8 Å². The molecule has 1 aromatic rings. The van der Waals surface area contributed by atoms with Crippen LogP contribution in [-0.2, 0) is 5.75 Å². The molecule has 5 N–H and O–H groups in total. The predicted octanol–water partition coefficient (Wildman–Crippen LogP) is -0.0464. The lowest BCUT2D eigenvalue weighted by atomic mass is 10.3. The van der Waals surface area contributed by atoms with Gasteiger partial charge < -0.3 is 15.6 Å². The van der Waals surface area contributed by atoms with Gasteiger partial charge in [0.25, 0.3) is 0 Å². The van der Waals surface area contributed by atoms with Gasteiger partial charge in [-0.1, -0.05) is 0 Å². The van der Waals surface area contributed by atoms with Gasteiger partial charge in [0.05, 0.1) is 24.1 Å². The fourth-order valence-electron chi connectivity index (χ4n) is 0.999. The van der Waals surface area contributed by atoms with Crippen LogP contribution in [0.25, 0.3) is 0 Å². The highest BCUT2D eigenvalue weighted by atomic mass is 32.2. The summed E-state index contributed by atoms with van der Waals surface area (Å²) in [6.07, 6.45) is 1.01. The summed E-state index contributed by atoms with van der Waals surface area (Å²) in [4.78, 5) is 4.15. The third-order valence-electron chi connectivity index (χ3n) is 1.75. The summed E-state index contributed by atoms with van der Waals surface area (Å²) in [6.45, 7) is -0.204. The number of rotatable bonds is 6. The molecule has 0 fully saturated rings. The van der Waals surface area contributed by atoms with Gasteiger partial charge in [-0.15, -0.1) is 0 Å². The molecule has 1 heterocycles. The minimum Gasteiger partial charge on any atom is -0.394 e. The van der Waals surface area contributed by atoms with Crippen LogP contribution in [0.1, 0.15) is 5.69 Å². The Labute approximate surface area is 92.7 Å². The fraction of sp³-hybridized carbons (Fsp3) is 0.444. The summed E-state index contributed by atoms with van der Waals surface area (Å²) in [5, 5.41) is 17.7. The number of hydrazine groups is 1. The first-order chi connectivity index (χ1) is 7.26. The van der Waals surface area contributed by atoms with Crippen molar-refractivity contribution in [2.75, 3.05) is 17.8 Å². The Kier molecular flexibility index (Phi) is 5.41. The van der Waals surface area contributed by atoms with Crippen LogP contribution in [0.4, 0.5) is 5.69 Å². The molecule has 0 saturated heterocycles. The zero-order valence-corrected chi connectivity index (χ0v) is 9.07. The van der Waals surface area contributed by atoms with Crippen LogP contribution in [0.2, 0.25) is 0 Å². The summed E-state index contributed by atoms with van der Waals surface area (Å²) in [5.74, 6) is 6.45. The van der Waals surface area contributed by atoms with Crippen LogP contribution in [-0.4, -0.2) is 33.7 Å². The number of nitrogens with one attached hydrogen (secondary N) is 1. The maximum absolute atomic E-state index is 9.11. The summed E-state index contributed by atoms with van der Waals surface area (Å²) < 4.78 is 0. The molecule has 0 aliphatic rings. The summed E-state index contributed by atoms with van der Waals surface area (Å²) in [5.41, 5.74) is 4.24. The lowest BCUT2D eigenvalue weighted by Gasteiger charge is -2.06. The number of nitrogens with two attached hydrogens (primary N) is 1. The molecule has 0 aromatic carbocycles. The van der Waals surface area contributed by atoms with E-state index in [-0.39, 0.29) is 6.61 Å². The molecule has 1 rings (SSSR count). The van der Waals surface area contributed by atoms with Crippen molar-refractivity contribution >= 4 is 17.4 Å². The van der Waals surface area contributed by atoms with E-state index in [1.54, 1.807) is 12.3 Å². The van der Waals surface area contributed by atoms with Crippen molar-refractivity contribution in [2.45, 2.75) is 11.9 Å². The van der Waals surface area contributed by atoms with Gasteiger partial charge in [-0.2, -0.15) is 11.8 Å². The van der Waals surface area contributed by atoms with Crippen LogP contribution in [0.5, 0.6) is 0 Å². The van der Waals surface area contributed by atoms with E-state index < -0.39 is 6.10 Å². The minimum absolute atomic E-state index is 0.204. The molecule has 0 saturated carbocycles. The maximum Gasteiger partial charge on any atom is 0.0861 e. The molecular formula is C9H15N3O2S. The second kappa shape index (κ2) is 6.62. The van der Waals surface area contributed by atoms with E-state index in [4.69, 9.17) is 16.1 Å². The number of pyridine rings is 1. The lowest BCUT2D eigenvalue weighted by Crippen LogP contribution is -2.14. The molecule has 1 aromatic heterocycles. The van der Waals surface area contributed by atoms with Crippen LogP contribution < -0.4 is 11.3 Å². The van der Waals surface area contributed by atoms with Gasteiger partial charge in [0.15, 0.2) is 0 Å². The molecular weight excluding hydrogens is 214 g/mol. The predicted molar refractivity (Wildman–Crippen MR) is 61.3 cm³/mol. The first-order valence-corrected chi connectivity index (χ1v) is 5.70. The monoisotopic (exact) mass is 229 g/mol. The first kappa shape index (κ1) is 12.3. The van der Waals surface area contributed by atoms with Crippen molar-refractivity contribution in [3.8, 4) is 0 Å². The molecule has 0 amide bonds. The van der Waals surface area contributed by atoms with E-state index in [0.717, 1.165) is 11.4 Å². The average Bonchev–Trinajstić information content (AvgIpc) is 2.29. The smallest absolute Gasteiger partial charge is 0.0861 e. The van der Waals surface area contributed by atoms with E-state index in [9.17, 15) is 0 Å². The highest BCUT2D eigenvalue weighted by Gasteiger charge is 2.02. The van der Waals surface area contributed by atoms with E-state index in [2.05, 4.69) is 10.4 Å². The van der Waals surface area contributed by atoms with Crippen LogP contribution in [0, 0.1) is 0 Å². The highest BCUT2D eigenvalue weighted by molar-refractivity contribution is 7.98. The van der Waals surface area contributed by atoms with Crippen molar-refractivity contribution in [1.82, 2.24) is 4.98 Å². The SMILES string of the molecule is NNc1ccnc(CSCC(O)CO)c1. The Balaban J connectivity index is 2.37. The number of aliphatic hydroxyl groups excluding tert-OH is 2. The van der Waals surface area contributed by atoms with Crippen molar-refractivity contribution in [1.29, 1.82) is 0 Å². The maximum atomic E-state index is 9.11. The molecule has 0 radical (unpaired) electrons.